The molecule has 0 heterocycles. The highest BCUT2D eigenvalue weighted by Crippen LogP contribution is 2.03. The van der Waals surface area contributed by atoms with E-state index in [2.05, 4.69) is 0 Å². The van der Waals surface area contributed by atoms with Crippen molar-refractivity contribution in [2.45, 2.75) is 18.8 Å². The summed E-state index contributed by atoms with van der Waals surface area (Å²) in [5.74, 6) is 0. The molecule has 68 valence electrons. The quantitative estimate of drug-likeness (QED) is 0.559. The second-order valence-corrected chi connectivity index (χ2v) is 2.23. The van der Waals surface area contributed by atoms with Crippen LogP contribution in [0.1, 0.15) is 6.42 Å². The van der Waals surface area contributed by atoms with Crippen LogP contribution >= 0.6 is 0 Å². The van der Waals surface area contributed by atoms with Crippen molar-refractivity contribution in [1.29, 1.82) is 0 Å². The first-order chi connectivity index (χ1) is 5.28. The molecule has 0 bridgehead atoms. The van der Waals surface area contributed by atoms with Crippen LogP contribution in [0.25, 0.3) is 0 Å². The van der Waals surface area contributed by atoms with Crippen LogP contribution in [-0.4, -0.2) is 40.3 Å². The Morgan fingerprint density at radius 1 is 1.09 bits per heavy atom. The lowest BCUT2D eigenvalue weighted by molar-refractivity contribution is -0.124. The van der Waals surface area contributed by atoms with E-state index in [0.717, 1.165) is 0 Å². The molecule has 0 aliphatic rings. The zero-order valence-corrected chi connectivity index (χ0v) is 7.37. The van der Waals surface area contributed by atoms with Crippen LogP contribution in [0.3, 0.4) is 0 Å². The first-order valence-electron chi connectivity index (χ1n) is 3.56. The van der Waals surface area contributed by atoms with Gasteiger partial charge in [-0.1, -0.05) is 0 Å². The molecule has 0 spiro atoms. The SMILES string of the molecule is COC(C[C@@H](CN)OC)OC. The molecule has 0 fully saturated rings. The number of nitrogens with two attached hydrogens (primary N) is 1. The van der Waals surface area contributed by atoms with Crippen molar-refractivity contribution in [1.82, 2.24) is 0 Å². The Balaban J connectivity index is 3.58. The lowest BCUT2D eigenvalue weighted by atomic mass is 10.2. The van der Waals surface area contributed by atoms with Gasteiger partial charge in [0.05, 0.1) is 6.10 Å². The smallest absolute Gasteiger partial charge is 0.159 e. The van der Waals surface area contributed by atoms with Gasteiger partial charge in [-0.2, -0.15) is 0 Å². The predicted octanol–water partition coefficient (Wildman–Crippen LogP) is -0.0309. The van der Waals surface area contributed by atoms with Gasteiger partial charge < -0.3 is 19.9 Å². The number of rotatable bonds is 6. The van der Waals surface area contributed by atoms with E-state index in [1.807, 2.05) is 0 Å². The highest BCUT2D eigenvalue weighted by Gasteiger charge is 2.12. The summed E-state index contributed by atoms with van der Waals surface area (Å²) in [5, 5.41) is 0. The van der Waals surface area contributed by atoms with Gasteiger partial charge in [0.25, 0.3) is 0 Å². The predicted molar refractivity (Wildman–Crippen MR) is 42.3 cm³/mol. The molecule has 0 aliphatic heterocycles. The van der Waals surface area contributed by atoms with Gasteiger partial charge in [0.1, 0.15) is 0 Å². The molecule has 0 unspecified atom stereocenters. The fourth-order valence-corrected chi connectivity index (χ4v) is 0.792. The second kappa shape index (κ2) is 6.54. The van der Waals surface area contributed by atoms with Crippen molar-refractivity contribution < 1.29 is 14.2 Å². The Bertz CT molecular complexity index is 71.8. The van der Waals surface area contributed by atoms with Crippen molar-refractivity contribution in [3.63, 3.8) is 0 Å². The average Bonchev–Trinajstić information content (AvgIpc) is 2.07. The summed E-state index contributed by atoms with van der Waals surface area (Å²) >= 11 is 0. The maximum absolute atomic E-state index is 5.40. The first-order valence-corrected chi connectivity index (χ1v) is 3.56. The maximum Gasteiger partial charge on any atom is 0.159 e. The molecule has 2 N–H and O–H groups in total. The van der Waals surface area contributed by atoms with Gasteiger partial charge in [-0.05, 0) is 0 Å². The largest absolute Gasteiger partial charge is 0.380 e. The maximum atomic E-state index is 5.40. The minimum absolute atomic E-state index is 0.0138. The standard InChI is InChI=1S/C7H17NO3/c1-9-6(5-8)4-7(10-2)11-3/h6-7H,4-5,8H2,1-3H3/t6-/m0/s1. The zero-order valence-electron chi connectivity index (χ0n) is 7.37. The number of ether oxygens (including phenoxy) is 3. The molecular weight excluding hydrogens is 146 g/mol. The second-order valence-electron chi connectivity index (χ2n) is 2.23. The molecule has 4 heteroatoms. The molecular formula is C7H17NO3. The van der Waals surface area contributed by atoms with Crippen LogP contribution in [0.4, 0.5) is 0 Å². The highest BCUT2D eigenvalue weighted by molar-refractivity contribution is 4.59. The van der Waals surface area contributed by atoms with E-state index in [9.17, 15) is 0 Å². The third-order valence-electron chi connectivity index (χ3n) is 1.58. The van der Waals surface area contributed by atoms with Gasteiger partial charge >= 0.3 is 0 Å². The highest BCUT2D eigenvalue weighted by atomic mass is 16.7. The van der Waals surface area contributed by atoms with Crippen molar-refractivity contribution in [3.8, 4) is 0 Å². The minimum Gasteiger partial charge on any atom is -0.380 e. The van der Waals surface area contributed by atoms with E-state index in [0.29, 0.717) is 13.0 Å². The molecule has 0 saturated heterocycles. The van der Waals surface area contributed by atoms with Crippen molar-refractivity contribution in [2.75, 3.05) is 27.9 Å². The molecule has 0 aliphatic carbocycles. The molecule has 4 nitrogen and oxygen atoms in total. The molecule has 0 saturated carbocycles. The van der Waals surface area contributed by atoms with Gasteiger partial charge in [0, 0.05) is 34.3 Å². The molecule has 0 amide bonds. The van der Waals surface area contributed by atoms with E-state index in [-0.39, 0.29) is 12.4 Å². The lowest BCUT2D eigenvalue weighted by Crippen LogP contribution is -2.29. The summed E-state index contributed by atoms with van der Waals surface area (Å²) in [6, 6.07) is 0. The summed E-state index contributed by atoms with van der Waals surface area (Å²) in [6.45, 7) is 0.486. The molecule has 0 radical (unpaired) electrons. The first kappa shape index (κ1) is 10.8. The Morgan fingerprint density at radius 3 is 1.91 bits per heavy atom. The van der Waals surface area contributed by atoms with Crippen LogP contribution < -0.4 is 5.73 Å². The number of hydrogen-bond donors (Lipinski definition) is 1. The van der Waals surface area contributed by atoms with Gasteiger partial charge in [-0.15, -0.1) is 0 Å². The molecule has 0 aromatic rings. The Hall–Kier alpha value is -0.160. The Morgan fingerprint density at radius 2 is 1.64 bits per heavy atom. The number of hydrogen-bond acceptors (Lipinski definition) is 4. The van der Waals surface area contributed by atoms with Gasteiger partial charge in [-0.25, -0.2) is 0 Å². The van der Waals surface area contributed by atoms with E-state index in [1.54, 1.807) is 21.3 Å². The number of methoxy groups -OCH3 is 3. The summed E-state index contributed by atoms with van der Waals surface area (Å²) in [6.07, 6.45) is 0.461. The van der Waals surface area contributed by atoms with Crippen LogP contribution in [-0.2, 0) is 14.2 Å². The molecule has 11 heavy (non-hydrogen) atoms. The van der Waals surface area contributed by atoms with Crippen LogP contribution in [0.15, 0.2) is 0 Å². The zero-order chi connectivity index (χ0) is 8.69. The van der Waals surface area contributed by atoms with Crippen LogP contribution in [0.2, 0.25) is 0 Å². The topological polar surface area (TPSA) is 53.7 Å². The van der Waals surface area contributed by atoms with Crippen LogP contribution in [0, 0.1) is 0 Å². The molecule has 0 rings (SSSR count). The summed E-state index contributed by atoms with van der Waals surface area (Å²) in [7, 11) is 4.81. The van der Waals surface area contributed by atoms with Gasteiger partial charge in [0.2, 0.25) is 0 Å². The van der Waals surface area contributed by atoms with E-state index >= 15 is 0 Å². The molecule has 0 aromatic heterocycles. The summed E-state index contributed by atoms with van der Waals surface area (Å²) in [5.41, 5.74) is 5.40. The summed E-state index contributed by atoms with van der Waals surface area (Å²) in [4.78, 5) is 0. The monoisotopic (exact) mass is 163 g/mol. The third-order valence-corrected chi connectivity index (χ3v) is 1.58. The fraction of sp³-hybridized carbons (Fsp3) is 1.00. The normalized spacial score (nSPS) is 13.9. The third kappa shape index (κ3) is 4.31. The van der Waals surface area contributed by atoms with E-state index < -0.39 is 0 Å². The van der Waals surface area contributed by atoms with E-state index in [1.165, 1.54) is 0 Å². The Labute approximate surface area is 67.6 Å². The van der Waals surface area contributed by atoms with E-state index in [4.69, 9.17) is 19.9 Å². The minimum atomic E-state index is -0.219. The fourth-order valence-electron chi connectivity index (χ4n) is 0.792. The van der Waals surface area contributed by atoms with Gasteiger partial charge in [0.15, 0.2) is 6.29 Å². The Kier molecular flexibility index (Phi) is 6.45. The average molecular weight is 163 g/mol. The van der Waals surface area contributed by atoms with Crippen molar-refractivity contribution in [2.24, 2.45) is 5.73 Å². The molecule has 0 aromatic carbocycles. The molecule has 1 atom stereocenters. The van der Waals surface area contributed by atoms with Crippen LogP contribution in [0.5, 0.6) is 0 Å². The van der Waals surface area contributed by atoms with Crippen molar-refractivity contribution in [3.05, 3.63) is 0 Å². The lowest BCUT2D eigenvalue weighted by Gasteiger charge is -2.18. The van der Waals surface area contributed by atoms with Crippen molar-refractivity contribution >= 4 is 0 Å². The summed E-state index contributed by atoms with van der Waals surface area (Å²) < 4.78 is 15.0. The van der Waals surface area contributed by atoms with Gasteiger partial charge in [-0.3, -0.25) is 0 Å².